The second-order valence-corrected chi connectivity index (χ2v) is 8.79. The number of hydrogen-bond acceptors (Lipinski definition) is 3. The van der Waals surface area contributed by atoms with Crippen molar-refractivity contribution < 1.29 is 5.32 Å². The molecule has 0 spiro atoms. The van der Waals surface area contributed by atoms with E-state index in [1.807, 2.05) is 24.3 Å². The zero-order valence-electron chi connectivity index (χ0n) is 15.0. The average molecular weight is 389 g/mol. The van der Waals surface area contributed by atoms with Gasteiger partial charge in [-0.15, -0.1) is 11.3 Å². The number of fused-ring (bicyclic) bond motifs is 3. The molecule has 0 fully saturated rings. The SMILES string of the molecule is C[C@H]1CCc2c(sc3nc([C@@H](C)[NH2+]Cc4ccccc4Cl)[nH]c(=O)c23)C1. The van der Waals surface area contributed by atoms with Crippen LogP contribution in [0, 0.1) is 5.92 Å². The van der Waals surface area contributed by atoms with Crippen LogP contribution in [-0.2, 0) is 19.4 Å². The number of nitrogens with two attached hydrogens (primary N) is 1. The van der Waals surface area contributed by atoms with E-state index in [-0.39, 0.29) is 11.6 Å². The van der Waals surface area contributed by atoms with Crippen LogP contribution < -0.4 is 10.9 Å². The highest BCUT2D eigenvalue weighted by atomic mass is 35.5. The summed E-state index contributed by atoms with van der Waals surface area (Å²) < 4.78 is 0. The van der Waals surface area contributed by atoms with Gasteiger partial charge in [-0.25, -0.2) is 4.98 Å². The quantitative estimate of drug-likeness (QED) is 0.717. The molecule has 0 unspecified atom stereocenters. The first-order valence-electron chi connectivity index (χ1n) is 9.14. The Morgan fingerprint density at radius 2 is 2.23 bits per heavy atom. The van der Waals surface area contributed by atoms with Gasteiger partial charge in [0.25, 0.3) is 5.56 Å². The molecule has 0 bridgehead atoms. The van der Waals surface area contributed by atoms with Crippen LogP contribution in [0.3, 0.4) is 0 Å². The van der Waals surface area contributed by atoms with Crippen molar-refractivity contribution in [3.05, 3.63) is 61.5 Å². The lowest BCUT2D eigenvalue weighted by Crippen LogP contribution is -2.83. The minimum Gasteiger partial charge on any atom is -0.334 e. The van der Waals surface area contributed by atoms with Crippen molar-refractivity contribution in [1.29, 1.82) is 0 Å². The molecule has 0 amide bonds. The lowest BCUT2D eigenvalue weighted by Gasteiger charge is -2.17. The van der Waals surface area contributed by atoms with E-state index < -0.39 is 0 Å². The Morgan fingerprint density at radius 1 is 1.42 bits per heavy atom. The molecule has 4 rings (SSSR count). The third-order valence-electron chi connectivity index (χ3n) is 5.26. The van der Waals surface area contributed by atoms with Crippen LogP contribution in [-0.4, -0.2) is 9.97 Å². The van der Waals surface area contributed by atoms with Crippen molar-refractivity contribution in [2.45, 2.75) is 45.7 Å². The van der Waals surface area contributed by atoms with E-state index in [1.54, 1.807) is 11.3 Å². The van der Waals surface area contributed by atoms with E-state index in [9.17, 15) is 4.79 Å². The van der Waals surface area contributed by atoms with Gasteiger partial charge in [0.15, 0.2) is 5.82 Å². The monoisotopic (exact) mass is 388 g/mol. The predicted octanol–water partition coefficient (Wildman–Crippen LogP) is 3.59. The highest BCUT2D eigenvalue weighted by molar-refractivity contribution is 7.18. The van der Waals surface area contributed by atoms with Crippen molar-refractivity contribution in [3.63, 3.8) is 0 Å². The fraction of sp³-hybridized carbons (Fsp3) is 0.400. The maximum absolute atomic E-state index is 12.7. The number of aryl methyl sites for hydroxylation is 1. The van der Waals surface area contributed by atoms with E-state index >= 15 is 0 Å². The van der Waals surface area contributed by atoms with Crippen LogP contribution in [0.25, 0.3) is 10.2 Å². The van der Waals surface area contributed by atoms with Crippen molar-refractivity contribution in [1.82, 2.24) is 9.97 Å². The third kappa shape index (κ3) is 3.31. The number of nitrogens with one attached hydrogen (secondary N) is 1. The van der Waals surface area contributed by atoms with Crippen LogP contribution in [0.1, 0.15) is 48.1 Å². The van der Waals surface area contributed by atoms with Gasteiger partial charge in [-0.3, -0.25) is 4.79 Å². The van der Waals surface area contributed by atoms with Crippen LogP contribution in [0.4, 0.5) is 0 Å². The highest BCUT2D eigenvalue weighted by Crippen LogP contribution is 2.35. The molecule has 1 aromatic carbocycles. The van der Waals surface area contributed by atoms with Gasteiger partial charge in [-0.05, 0) is 43.7 Å². The Balaban J connectivity index is 1.61. The fourth-order valence-electron chi connectivity index (χ4n) is 3.66. The molecule has 4 nitrogen and oxygen atoms in total. The van der Waals surface area contributed by atoms with Crippen LogP contribution in [0.5, 0.6) is 0 Å². The van der Waals surface area contributed by atoms with E-state index in [4.69, 9.17) is 16.6 Å². The lowest BCUT2D eigenvalue weighted by molar-refractivity contribution is -0.709. The first-order valence-corrected chi connectivity index (χ1v) is 10.3. The topological polar surface area (TPSA) is 62.4 Å². The van der Waals surface area contributed by atoms with Crippen molar-refractivity contribution >= 4 is 33.2 Å². The zero-order chi connectivity index (χ0) is 18.3. The van der Waals surface area contributed by atoms with Gasteiger partial charge in [-0.2, -0.15) is 0 Å². The number of benzene rings is 1. The number of halogens is 1. The standard InChI is InChI=1S/C20H22ClN3OS/c1-11-7-8-14-16(9-11)26-20-17(14)19(25)23-18(24-20)12(2)22-10-13-5-3-4-6-15(13)21/h3-6,11-12,22H,7-10H2,1-2H3,(H,23,24,25)/p+1/t11-,12+/m0/s1. The van der Waals surface area contributed by atoms with Gasteiger partial charge in [-0.1, -0.05) is 36.7 Å². The molecule has 0 saturated heterocycles. The molecule has 3 N–H and O–H groups in total. The minimum absolute atomic E-state index is 0.00930. The molecule has 0 aliphatic heterocycles. The lowest BCUT2D eigenvalue weighted by atomic mass is 9.89. The molecule has 136 valence electrons. The number of quaternary nitrogens is 1. The van der Waals surface area contributed by atoms with Gasteiger partial charge < -0.3 is 10.3 Å². The second-order valence-electron chi connectivity index (χ2n) is 7.30. The van der Waals surface area contributed by atoms with Crippen LogP contribution in [0.2, 0.25) is 5.02 Å². The molecule has 0 radical (unpaired) electrons. The molecule has 26 heavy (non-hydrogen) atoms. The molecule has 2 atom stereocenters. The minimum atomic E-state index is 0.00930. The first kappa shape index (κ1) is 17.7. The van der Waals surface area contributed by atoms with Crippen LogP contribution >= 0.6 is 22.9 Å². The van der Waals surface area contributed by atoms with Crippen molar-refractivity contribution in [2.24, 2.45) is 5.92 Å². The molecular weight excluding hydrogens is 366 g/mol. The molecule has 6 heteroatoms. The summed E-state index contributed by atoms with van der Waals surface area (Å²) in [7, 11) is 0. The van der Waals surface area contributed by atoms with E-state index in [0.29, 0.717) is 5.92 Å². The summed E-state index contributed by atoms with van der Waals surface area (Å²) in [6, 6.07) is 7.91. The summed E-state index contributed by atoms with van der Waals surface area (Å²) in [5.41, 5.74) is 2.33. The number of nitrogens with zero attached hydrogens (tertiary/aromatic N) is 1. The average Bonchev–Trinajstić information content (AvgIpc) is 2.98. The molecule has 3 aromatic rings. The number of thiophene rings is 1. The summed E-state index contributed by atoms with van der Waals surface area (Å²) >= 11 is 7.94. The van der Waals surface area contributed by atoms with E-state index in [0.717, 1.165) is 52.4 Å². The Labute approximate surface area is 161 Å². The third-order valence-corrected chi connectivity index (χ3v) is 6.78. The second kappa shape index (κ2) is 7.14. The number of hydrogen-bond donors (Lipinski definition) is 2. The number of aromatic nitrogens is 2. The summed E-state index contributed by atoms with van der Waals surface area (Å²) in [4.78, 5) is 22.8. The summed E-state index contributed by atoms with van der Waals surface area (Å²) in [5.74, 6) is 1.43. The van der Waals surface area contributed by atoms with Crippen molar-refractivity contribution in [2.75, 3.05) is 0 Å². The summed E-state index contributed by atoms with van der Waals surface area (Å²) in [6.45, 7) is 5.10. The largest absolute Gasteiger partial charge is 0.334 e. The van der Waals surface area contributed by atoms with E-state index in [1.165, 1.54) is 10.4 Å². The number of rotatable bonds is 4. The maximum atomic E-state index is 12.7. The molecule has 1 aliphatic carbocycles. The molecule has 2 aromatic heterocycles. The van der Waals surface area contributed by atoms with Crippen molar-refractivity contribution in [3.8, 4) is 0 Å². The Bertz CT molecular complexity index is 1010. The van der Waals surface area contributed by atoms with Gasteiger partial charge in [0.2, 0.25) is 0 Å². The van der Waals surface area contributed by atoms with Gasteiger partial charge >= 0.3 is 0 Å². The maximum Gasteiger partial charge on any atom is 0.260 e. The normalized spacial score (nSPS) is 18.0. The van der Waals surface area contributed by atoms with Gasteiger partial charge in [0.05, 0.1) is 5.39 Å². The molecule has 2 heterocycles. The zero-order valence-corrected chi connectivity index (χ0v) is 16.6. The molecular formula is C20H23ClN3OS+. The Kier molecular flexibility index (Phi) is 4.86. The van der Waals surface area contributed by atoms with E-state index in [2.05, 4.69) is 24.1 Å². The smallest absolute Gasteiger partial charge is 0.260 e. The van der Waals surface area contributed by atoms with Gasteiger partial charge in [0, 0.05) is 15.5 Å². The van der Waals surface area contributed by atoms with Gasteiger partial charge in [0.1, 0.15) is 17.4 Å². The highest BCUT2D eigenvalue weighted by Gasteiger charge is 2.24. The molecule has 0 saturated carbocycles. The Hall–Kier alpha value is -1.69. The Morgan fingerprint density at radius 3 is 3.04 bits per heavy atom. The predicted molar refractivity (Wildman–Crippen MR) is 107 cm³/mol. The molecule has 1 aliphatic rings. The summed E-state index contributed by atoms with van der Waals surface area (Å²) in [5, 5.41) is 3.74. The number of H-pyrrole nitrogens is 1. The fourth-order valence-corrected chi connectivity index (χ4v) is 5.26. The summed E-state index contributed by atoms with van der Waals surface area (Å²) in [6.07, 6.45) is 3.22. The number of aromatic amines is 1. The first-order chi connectivity index (χ1) is 12.5. The van der Waals surface area contributed by atoms with Crippen LogP contribution in [0.15, 0.2) is 29.1 Å².